The maximum absolute atomic E-state index is 12.0. The number of nitrogens with two attached hydrogens (primary N) is 1. The molecule has 1 aromatic heterocycles. The summed E-state index contributed by atoms with van der Waals surface area (Å²) in [6.07, 6.45) is 0. The minimum Gasteiger partial charge on any atom is -0.320 e. The van der Waals surface area contributed by atoms with E-state index < -0.39 is 0 Å². The van der Waals surface area contributed by atoms with Gasteiger partial charge in [0.2, 0.25) is 0 Å². The van der Waals surface area contributed by atoms with Gasteiger partial charge in [-0.2, -0.15) is 0 Å². The fourth-order valence-corrected chi connectivity index (χ4v) is 2.02. The second kappa shape index (κ2) is 6.09. The first-order valence-corrected chi connectivity index (χ1v) is 6.75. The van der Waals surface area contributed by atoms with Gasteiger partial charge in [-0.15, -0.1) is 10.2 Å². The van der Waals surface area contributed by atoms with E-state index in [-0.39, 0.29) is 11.6 Å². The molecule has 1 amide bonds. The number of anilines is 2. The van der Waals surface area contributed by atoms with Crippen LogP contribution in [0.4, 0.5) is 11.5 Å². The summed E-state index contributed by atoms with van der Waals surface area (Å²) in [4.78, 5) is 12.0. The summed E-state index contributed by atoms with van der Waals surface area (Å²) < 4.78 is 1.64. The van der Waals surface area contributed by atoms with Crippen LogP contribution in [-0.4, -0.2) is 16.1 Å². The number of amides is 1. The van der Waals surface area contributed by atoms with E-state index in [2.05, 4.69) is 52.8 Å². The summed E-state index contributed by atoms with van der Waals surface area (Å²) in [6, 6.07) is 8.57. The Kier molecular flexibility index (Phi) is 4.46. The Balaban J connectivity index is 2.18. The third-order valence-electron chi connectivity index (χ3n) is 2.22. The molecule has 1 aromatic carbocycles. The Labute approximate surface area is 126 Å². The van der Waals surface area contributed by atoms with Crippen molar-refractivity contribution in [3.8, 4) is 0 Å². The van der Waals surface area contributed by atoms with E-state index in [1.165, 1.54) is 6.07 Å². The van der Waals surface area contributed by atoms with Crippen molar-refractivity contribution in [1.29, 1.82) is 0 Å². The van der Waals surface area contributed by atoms with Crippen LogP contribution < -0.4 is 16.6 Å². The van der Waals surface area contributed by atoms with Gasteiger partial charge in [-0.3, -0.25) is 4.79 Å². The van der Waals surface area contributed by atoms with E-state index in [4.69, 9.17) is 5.84 Å². The van der Waals surface area contributed by atoms with Gasteiger partial charge in [0.25, 0.3) is 5.91 Å². The van der Waals surface area contributed by atoms with Crippen LogP contribution in [0.5, 0.6) is 0 Å². The molecule has 0 bridgehead atoms. The van der Waals surface area contributed by atoms with E-state index in [9.17, 15) is 4.79 Å². The van der Waals surface area contributed by atoms with Crippen molar-refractivity contribution < 1.29 is 4.79 Å². The molecule has 0 aliphatic carbocycles. The second-order valence-corrected chi connectivity index (χ2v) is 5.30. The third kappa shape index (κ3) is 3.49. The average molecular weight is 387 g/mol. The van der Waals surface area contributed by atoms with E-state index in [1.807, 2.05) is 12.1 Å². The highest BCUT2D eigenvalue weighted by Crippen LogP contribution is 2.26. The van der Waals surface area contributed by atoms with Crippen LogP contribution in [0.25, 0.3) is 0 Å². The number of hydrogen-bond acceptors (Lipinski definition) is 5. The van der Waals surface area contributed by atoms with Gasteiger partial charge >= 0.3 is 0 Å². The predicted octanol–water partition coefficient (Wildman–Crippen LogP) is 2.54. The lowest BCUT2D eigenvalue weighted by Gasteiger charge is -2.07. The lowest BCUT2D eigenvalue weighted by Crippen LogP contribution is -2.16. The number of hydrogen-bond donors (Lipinski definition) is 3. The van der Waals surface area contributed by atoms with Crippen molar-refractivity contribution in [2.75, 3.05) is 10.7 Å². The van der Waals surface area contributed by atoms with Crippen LogP contribution in [0.15, 0.2) is 39.3 Å². The number of hydrazine groups is 1. The number of rotatable bonds is 3. The standard InChI is InChI=1S/C11H9Br2N5O/c12-6-1-2-7(13)9(5-6)15-11(19)8-3-4-10(16-14)18-17-8/h1-5H,14H2,(H,15,19)(H,16,18). The molecule has 8 heteroatoms. The Morgan fingerprint density at radius 1 is 1.16 bits per heavy atom. The van der Waals surface area contributed by atoms with Gasteiger partial charge in [0.15, 0.2) is 11.5 Å². The summed E-state index contributed by atoms with van der Waals surface area (Å²) in [6.45, 7) is 0. The number of aromatic nitrogens is 2. The molecule has 0 spiro atoms. The van der Waals surface area contributed by atoms with Gasteiger partial charge in [0, 0.05) is 8.95 Å². The number of halogens is 2. The molecule has 98 valence electrons. The van der Waals surface area contributed by atoms with E-state index in [1.54, 1.807) is 12.1 Å². The molecule has 1 heterocycles. The number of nitrogen functional groups attached to an aromatic ring is 1. The molecule has 2 rings (SSSR count). The zero-order chi connectivity index (χ0) is 13.8. The minimum atomic E-state index is -0.352. The second-order valence-electron chi connectivity index (χ2n) is 3.53. The summed E-state index contributed by atoms with van der Waals surface area (Å²) >= 11 is 6.70. The first-order valence-electron chi connectivity index (χ1n) is 5.17. The molecular weight excluding hydrogens is 378 g/mol. The highest BCUT2D eigenvalue weighted by Gasteiger charge is 2.10. The molecule has 0 aliphatic rings. The molecule has 0 unspecified atom stereocenters. The van der Waals surface area contributed by atoms with Crippen LogP contribution in [0.3, 0.4) is 0 Å². The van der Waals surface area contributed by atoms with Crippen molar-refractivity contribution in [1.82, 2.24) is 10.2 Å². The summed E-state index contributed by atoms with van der Waals surface area (Å²) in [5, 5.41) is 10.2. The van der Waals surface area contributed by atoms with Crippen molar-refractivity contribution >= 4 is 49.3 Å². The first kappa shape index (κ1) is 13.9. The topological polar surface area (TPSA) is 92.9 Å². The Morgan fingerprint density at radius 2 is 1.95 bits per heavy atom. The largest absolute Gasteiger partial charge is 0.320 e. The minimum absolute atomic E-state index is 0.200. The van der Waals surface area contributed by atoms with Crippen molar-refractivity contribution in [2.45, 2.75) is 0 Å². The smallest absolute Gasteiger partial charge is 0.276 e. The molecule has 19 heavy (non-hydrogen) atoms. The van der Waals surface area contributed by atoms with Crippen LogP contribution in [-0.2, 0) is 0 Å². The SMILES string of the molecule is NNc1ccc(C(=O)Nc2cc(Br)ccc2Br)nn1. The Morgan fingerprint density at radius 3 is 2.58 bits per heavy atom. The van der Waals surface area contributed by atoms with Gasteiger partial charge in [-0.25, -0.2) is 5.84 Å². The van der Waals surface area contributed by atoms with Crippen LogP contribution in [0.1, 0.15) is 10.5 Å². The molecule has 0 atom stereocenters. The summed E-state index contributed by atoms with van der Waals surface area (Å²) in [7, 11) is 0. The van der Waals surface area contributed by atoms with E-state index in [0.717, 1.165) is 8.95 Å². The molecular formula is C11H9Br2N5O. The lowest BCUT2D eigenvalue weighted by atomic mass is 10.3. The van der Waals surface area contributed by atoms with Crippen LogP contribution in [0.2, 0.25) is 0 Å². The van der Waals surface area contributed by atoms with E-state index in [0.29, 0.717) is 11.5 Å². The quantitative estimate of drug-likeness (QED) is 0.556. The zero-order valence-electron chi connectivity index (χ0n) is 9.52. The average Bonchev–Trinajstić information content (AvgIpc) is 2.43. The molecule has 0 saturated carbocycles. The van der Waals surface area contributed by atoms with Gasteiger partial charge in [-0.05, 0) is 46.3 Å². The third-order valence-corrected chi connectivity index (χ3v) is 3.41. The fourth-order valence-electron chi connectivity index (χ4n) is 1.31. The normalized spacial score (nSPS) is 10.1. The number of nitrogens with zero attached hydrogens (tertiary/aromatic N) is 2. The Hall–Kier alpha value is -1.51. The van der Waals surface area contributed by atoms with E-state index >= 15 is 0 Å². The molecule has 0 fully saturated rings. The number of carbonyl (C=O) groups excluding carboxylic acids is 1. The van der Waals surface area contributed by atoms with Crippen LogP contribution >= 0.6 is 31.9 Å². The van der Waals surface area contributed by atoms with Gasteiger partial charge in [0.05, 0.1) is 5.69 Å². The van der Waals surface area contributed by atoms with Crippen molar-refractivity contribution in [3.63, 3.8) is 0 Å². The van der Waals surface area contributed by atoms with Crippen molar-refractivity contribution in [3.05, 3.63) is 45.0 Å². The zero-order valence-corrected chi connectivity index (χ0v) is 12.7. The molecule has 6 nitrogen and oxygen atoms in total. The fraction of sp³-hybridized carbons (Fsp3) is 0. The monoisotopic (exact) mass is 385 g/mol. The van der Waals surface area contributed by atoms with Gasteiger partial charge < -0.3 is 10.7 Å². The molecule has 2 aromatic rings. The van der Waals surface area contributed by atoms with Crippen LogP contribution in [0, 0.1) is 0 Å². The molecule has 0 radical (unpaired) electrons. The highest BCUT2D eigenvalue weighted by molar-refractivity contribution is 9.11. The number of carbonyl (C=O) groups is 1. The summed E-state index contributed by atoms with van der Waals surface area (Å²) in [5.41, 5.74) is 3.18. The number of nitrogens with one attached hydrogen (secondary N) is 2. The molecule has 0 aliphatic heterocycles. The first-order chi connectivity index (χ1) is 9.10. The van der Waals surface area contributed by atoms with Gasteiger partial charge in [0.1, 0.15) is 0 Å². The lowest BCUT2D eigenvalue weighted by molar-refractivity contribution is 0.102. The molecule has 0 saturated heterocycles. The predicted molar refractivity (Wildman–Crippen MR) is 79.6 cm³/mol. The molecule has 4 N–H and O–H groups in total. The maximum atomic E-state index is 12.0. The number of benzene rings is 1. The Bertz CT molecular complexity index is 603. The maximum Gasteiger partial charge on any atom is 0.276 e. The summed E-state index contributed by atoms with van der Waals surface area (Å²) in [5.74, 6) is 5.21. The van der Waals surface area contributed by atoms with Gasteiger partial charge in [-0.1, -0.05) is 15.9 Å². The highest BCUT2D eigenvalue weighted by atomic mass is 79.9. The van der Waals surface area contributed by atoms with Crippen molar-refractivity contribution in [2.24, 2.45) is 5.84 Å².